The van der Waals surface area contributed by atoms with E-state index in [1.807, 2.05) is 17.9 Å². The Morgan fingerprint density at radius 2 is 1.95 bits per heavy atom. The quantitative estimate of drug-likeness (QED) is 0.849. The van der Waals surface area contributed by atoms with Crippen LogP contribution in [0.15, 0.2) is 22.7 Å². The number of hydrogen-bond acceptors (Lipinski definition) is 2. The van der Waals surface area contributed by atoms with Gasteiger partial charge in [0.25, 0.3) is 5.91 Å². The van der Waals surface area contributed by atoms with E-state index >= 15 is 0 Å². The molecule has 1 aromatic carbocycles. The number of likely N-dealkylation sites (tertiary alicyclic amines) is 1. The number of carbonyl (C=O) groups excluding carboxylic acids is 2. The second-order valence-electron chi connectivity index (χ2n) is 5.21. The third-order valence-electron chi connectivity index (χ3n) is 3.60. The Hall–Kier alpha value is -1.36. The molecule has 108 valence electrons. The van der Waals surface area contributed by atoms with Crippen molar-refractivity contribution in [2.75, 3.05) is 26.7 Å². The monoisotopic (exact) mass is 338 g/mol. The maximum Gasteiger partial charge on any atom is 0.254 e. The second kappa shape index (κ2) is 6.39. The topological polar surface area (TPSA) is 40.6 Å². The van der Waals surface area contributed by atoms with Crippen molar-refractivity contribution in [2.45, 2.75) is 19.8 Å². The zero-order chi connectivity index (χ0) is 14.7. The molecule has 0 bridgehead atoms. The first kappa shape index (κ1) is 15.0. The maximum absolute atomic E-state index is 12.3. The van der Waals surface area contributed by atoms with Crippen LogP contribution in [0.3, 0.4) is 0 Å². The van der Waals surface area contributed by atoms with E-state index < -0.39 is 0 Å². The van der Waals surface area contributed by atoms with E-state index in [9.17, 15) is 9.59 Å². The van der Waals surface area contributed by atoms with Crippen LogP contribution in [0, 0.1) is 6.92 Å². The molecule has 2 rings (SSSR count). The molecule has 1 aliphatic rings. The number of carbonyl (C=O) groups is 2. The molecule has 0 N–H and O–H groups in total. The van der Waals surface area contributed by atoms with Crippen molar-refractivity contribution < 1.29 is 9.59 Å². The molecule has 5 heteroatoms. The third-order valence-corrected chi connectivity index (χ3v) is 4.45. The summed E-state index contributed by atoms with van der Waals surface area (Å²) in [6.07, 6.45) is 2.13. The van der Waals surface area contributed by atoms with E-state index in [2.05, 4.69) is 15.9 Å². The Kier molecular flexibility index (Phi) is 4.81. The van der Waals surface area contributed by atoms with Gasteiger partial charge >= 0.3 is 0 Å². The molecular weight excluding hydrogens is 320 g/mol. The largest absolute Gasteiger partial charge is 0.341 e. The normalized spacial score (nSPS) is 14.4. The van der Waals surface area contributed by atoms with Crippen molar-refractivity contribution in [2.24, 2.45) is 0 Å². The Morgan fingerprint density at radius 1 is 1.30 bits per heavy atom. The Balaban J connectivity index is 2.00. The standard InChI is InChI=1S/C15H19BrN2O2/c1-11-5-6-12(9-13(11)16)15(20)17(2)10-14(19)18-7-3-4-8-18/h5-6,9H,3-4,7-8,10H2,1-2H3. The molecule has 0 radical (unpaired) electrons. The van der Waals surface area contributed by atoms with Crippen molar-refractivity contribution >= 4 is 27.7 Å². The van der Waals surface area contributed by atoms with E-state index in [0.717, 1.165) is 36.0 Å². The van der Waals surface area contributed by atoms with E-state index in [1.54, 1.807) is 19.2 Å². The maximum atomic E-state index is 12.3. The van der Waals surface area contributed by atoms with E-state index in [0.29, 0.717) is 5.56 Å². The Labute approximate surface area is 127 Å². The molecular formula is C15H19BrN2O2. The molecule has 1 saturated heterocycles. The lowest BCUT2D eigenvalue weighted by Gasteiger charge is -2.21. The molecule has 1 aromatic rings. The van der Waals surface area contributed by atoms with Gasteiger partial charge < -0.3 is 9.80 Å². The molecule has 1 heterocycles. The van der Waals surface area contributed by atoms with Crippen molar-refractivity contribution in [1.82, 2.24) is 9.80 Å². The summed E-state index contributed by atoms with van der Waals surface area (Å²) in [7, 11) is 1.67. The summed E-state index contributed by atoms with van der Waals surface area (Å²) >= 11 is 3.42. The second-order valence-corrected chi connectivity index (χ2v) is 6.07. The molecule has 0 aromatic heterocycles. The van der Waals surface area contributed by atoms with Crippen LogP contribution in [0.4, 0.5) is 0 Å². The minimum atomic E-state index is -0.127. The van der Waals surface area contributed by atoms with Gasteiger partial charge in [0.15, 0.2) is 0 Å². The van der Waals surface area contributed by atoms with E-state index in [4.69, 9.17) is 0 Å². The molecule has 0 saturated carbocycles. The summed E-state index contributed by atoms with van der Waals surface area (Å²) < 4.78 is 0.905. The van der Waals surface area contributed by atoms with Crippen LogP contribution in [0.5, 0.6) is 0 Å². The summed E-state index contributed by atoms with van der Waals surface area (Å²) in [6.45, 7) is 3.75. The summed E-state index contributed by atoms with van der Waals surface area (Å²) in [5, 5.41) is 0. The molecule has 4 nitrogen and oxygen atoms in total. The first-order valence-corrected chi connectivity index (χ1v) is 7.57. The minimum Gasteiger partial charge on any atom is -0.341 e. The van der Waals surface area contributed by atoms with Gasteiger partial charge in [0, 0.05) is 30.2 Å². The Morgan fingerprint density at radius 3 is 2.55 bits per heavy atom. The van der Waals surface area contributed by atoms with Gasteiger partial charge in [0.2, 0.25) is 5.91 Å². The molecule has 0 unspecified atom stereocenters. The van der Waals surface area contributed by atoms with E-state index in [-0.39, 0.29) is 18.4 Å². The lowest BCUT2D eigenvalue weighted by Crippen LogP contribution is -2.39. The third kappa shape index (κ3) is 3.39. The summed E-state index contributed by atoms with van der Waals surface area (Å²) in [5.41, 5.74) is 1.68. The summed E-state index contributed by atoms with van der Waals surface area (Å²) in [4.78, 5) is 27.6. The zero-order valence-electron chi connectivity index (χ0n) is 11.9. The number of benzene rings is 1. The fraction of sp³-hybridized carbons (Fsp3) is 0.467. The van der Waals surface area contributed by atoms with Gasteiger partial charge in [-0.1, -0.05) is 22.0 Å². The first-order chi connectivity index (χ1) is 9.49. The van der Waals surface area contributed by atoms with Crippen LogP contribution in [-0.4, -0.2) is 48.3 Å². The fourth-order valence-electron chi connectivity index (χ4n) is 2.29. The van der Waals surface area contributed by atoms with Gasteiger partial charge in [-0.15, -0.1) is 0 Å². The van der Waals surface area contributed by atoms with Gasteiger partial charge in [0.1, 0.15) is 0 Å². The lowest BCUT2D eigenvalue weighted by molar-refractivity contribution is -0.130. The predicted molar refractivity (Wildman–Crippen MR) is 81.7 cm³/mol. The van der Waals surface area contributed by atoms with Crippen LogP contribution in [0.2, 0.25) is 0 Å². The van der Waals surface area contributed by atoms with Crippen LogP contribution in [0.25, 0.3) is 0 Å². The first-order valence-electron chi connectivity index (χ1n) is 6.78. The Bertz CT molecular complexity index is 525. The van der Waals surface area contributed by atoms with Crippen LogP contribution in [-0.2, 0) is 4.79 Å². The lowest BCUT2D eigenvalue weighted by atomic mass is 10.1. The van der Waals surface area contributed by atoms with Gasteiger partial charge in [-0.2, -0.15) is 0 Å². The number of amides is 2. The van der Waals surface area contributed by atoms with Gasteiger partial charge in [-0.25, -0.2) is 0 Å². The zero-order valence-corrected chi connectivity index (χ0v) is 13.4. The van der Waals surface area contributed by atoms with Crippen LogP contribution in [0.1, 0.15) is 28.8 Å². The van der Waals surface area contributed by atoms with Crippen molar-refractivity contribution in [3.8, 4) is 0 Å². The SMILES string of the molecule is Cc1ccc(C(=O)N(C)CC(=O)N2CCCC2)cc1Br. The summed E-state index contributed by atoms with van der Waals surface area (Å²) in [6, 6.07) is 5.49. The van der Waals surface area contributed by atoms with Crippen LogP contribution >= 0.6 is 15.9 Å². The smallest absolute Gasteiger partial charge is 0.254 e. The number of rotatable bonds is 3. The number of halogens is 1. The molecule has 20 heavy (non-hydrogen) atoms. The van der Waals surface area contributed by atoms with Crippen molar-refractivity contribution in [1.29, 1.82) is 0 Å². The van der Waals surface area contributed by atoms with E-state index in [1.165, 1.54) is 4.90 Å². The number of nitrogens with zero attached hydrogens (tertiary/aromatic N) is 2. The highest BCUT2D eigenvalue weighted by Crippen LogP contribution is 2.18. The van der Waals surface area contributed by atoms with Crippen molar-refractivity contribution in [3.63, 3.8) is 0 Å². The molecule has 1 aliphatic heterocycles. The average molecular weight is 339 g/mol. The highest BCUT2D eigenvalue weighted by Gasteiger charge is 2.21. The van der Waals surface area contributed by atoms with Gasteiger partial charge in [-0.3, -0.25) is 9.59 Å². The molecule has 0 aliphatic carbocycles. The predicted octanol–water partition coefficient (Wildman–Crippen LogP) is 2.45. The summed E-state index contributed by atoms with van der Waals surface area (Å²) in [5.74, 6) is -0.0947. The highest BCUT2D eigenvalue weighted by atomic mass is 79.9. The molecule has 0 spiro atoms. The molecule has 0 atom stereocenters. The number of hydrogen-bond donors (Lipinski definition) is 0. The minimum absolute atomic E-state index is 0.0320. The highest BCUT2D eigenvalue weighted by molar-refractivity contribution is 9.10. The van der Waals surface area contributed by atoms with Crippen molar-refractivity contribution in [3.05, 3.63) is 33.8 Å². The van der Waals surface area contributed by atoms with Crippen LogP contribution < -0.4 is 0 Å². The fourth-order valence-corrected chi connectivity index (χ4v) is 2.67. The number of aryl methyl sites for hydroxylation is 1. The molecule has 2 amide bonds. The average Bonchev–Trinajstić information content (AvgIpc) is 2.95. The number of likely N-dealkylation sites (N-methyl/N-ethyl adjacent to an activating group) is 1. The molecule has 1 fully saturated rings. The van der Waals surface area contributed by atoms with Gasteiger partial charge in [-0.05, 0) is 37.5 Å². The van der Waals surface area contributed by atoms with Gasteiger partial charge in [0.05, 0.1) is 6.54 Å².